The van der Waals surface area contributed by atoms with Gasteiger partial charge in [0.25, 0.3) is 5.91 Å². The van der Waals surface area contributed by atoms with Crippen molar-refractivity contribution in [3.63, 3.8) is 0 Å². The topological polar surface area (TPSA) is 84.0 Å². The van der Waals surface area contributed by atoms with Gasteiger partial charge in [-0.1, -0.05) is 36.4 Å². The van der Waals surface area contributed by atoms with Crippen molar-refractivity contribution in [1.82, 2.24) is 4.90 Å². The van der Waals surface area contributed by atoms with Crippen LogP contribution < -0.4 is 4.90 Å². The Bertz CT molecular complexity index is 910. The maximum Gasteiger partial charge on any atom is 0.338 e. The van der Waals surface area contributed by atoms with Gasteiger partial charge >= 0.3 is 5.97 Å². The highest BCUT2D eigenvalue weighted by Crippen LogP contribution is 2.23. The first-order valence-electron chi connectivity index (χ1n) is 9.44. The normalized spacial score (nSPS) is 13.5. The zero-order valence-corrected chi connectivity index (χ0v) is 16.2. The number of likely N-dealkylation sites (N-methyl/N-ethyl adjacent to an activating group) is 1. The standard InChI is InChI=1S/C22H22N2O5/c1-2-23(14-16-7-4-3-5-8-16)21(27)15-29-22(28)17-9-6-10-18(13-17)24-19(25)11-12-20(24)26/h3-10,13H,2,11-12,14-15H2,1H3. The number of ether oxygens (including phenoxy) is 1. The second-order valence-electron chi connectivity index (χ2n) is 6.64. The Morgan fingerprint density at radius 2 is 1.69 bits per heavy atom. The summed E-state index contributed by atoms with van der Waals surface area (Å²) in [5.74, 6) is -1.58. The lowest BCUT2D eigenvalue weighted by atomic mass is 10.2. The van der Waals surface area contributed by atoms with Crippen LogP contribution in [0, 0.1) is 0 Å². The minimum Gasteiger partial charge on any atom is -0.452 e. The molecule has 0 bridgehead atoms. The van der Waals surface area contributed by atoms with Gasteiger partial charge in [-0.2, -0.15) is 0 Å². The van der Waals surface area contributed by atoms with E-state index in [1.807, 2.05) is 37.3 Å². The van der Waals surface area contributed by atoms with Gasteiger partial charge in [-0.25, -0.2) is 4.79 Å². The molecular formula is C22H22N2O5. The van der Waals surface area contributed by atoms with Crippen LogP contribution in [0.15, 0.2) is 54.6 Å². The number of imide groups is 1. The first-order chi connectivity index (χ1) is 14.0. The van der Waals surface area contributed by atoms with Crippen LogP contribution in [0.5, 0.6) is 0 Å². The number of carbonyl (C=O) groups is 4. The van der Waals surface area contributed by atoms with Crippen LogP contribution in [0.1, 0.15) is 35.7 Å². The minimum absolute atomic E-state index is 0.163. The van der Waals surface area contributed by atoms with Gasteiger partial charge in [-0.15, -0.1) is 0 Å². The van der Waals surface area contributed by atoms with Gasteiger partial charge in [0.1, 0.15) is 0 Å². The Kier molecular flexibility index (Phi) is 6.39. The van der Waals surface area contributed by atoms with Gasteiger partial charge in [0.05, 0.1) is 11.3 Å². The first-order valence-corrected chi connectivity index (χ1v) is 9.44. The summed E-state index contributed by atoms with van der Waals surface area (Å²) in [5.41, 5.74) is 1.49. The molecule has 0 N–H and O–H groups in total. The van der Waals surface area contributed by atoms with Gasteiger partial charge < -0.3 is 9.64 Å². The molecule has 7 heteroatoms. The van der Waals surface area contributed by atoms with Gasteiger partial charge in [0, 0.05) is 25.9 Å². The van der Waals surface area contributed by atoms with Crippen molar-refractivity contribution < 1.29 is 23.9 Å². The number of carbonyl (C=O) groups excluding carboxylic acids is 4. The number of benzene rings is 2. The largest absolute Gasteiger partial charge is 0.452 e. The molecular weight excluding hydrogens is 372 g/mol. The van der Waals surface area contributed by atoms with E-state index in [0.29, 0.717) is 18.8 Å². The number of esters is 1. The average molecular weight is 394 g/mol. The van der Waals surface area contributed by atoms with E-state index in [-0.39, 0.29) is 42.7 Å². The summed E-state index contributed by atoms with van der Waals surface area (Å²) in [5, 5.41) is 0. The monoisotopic (exact) mass is 394 g/mol. The van der Waals surface area contributed by atoms with Crippen LogP contribution in [-0.4, -0.2) is 41.7 Å². The van der Waals surface area contributed by atoms with Crippen molar-refractivity contribution in [2.45, 2.75) is 26.3 Å². The molecule has 3 amide bonds. The Balaban J connectivity index is 1.61. The molecule has 1 heterocycles. The number of anilines is 1. The summed E-state index contributed by atoms with van der Waals surface area (Å²) in [6.45, 7) is 2.39. The summed E-state index contributed by atoms with van der Waals surface area (Å²) in [7, 11) is 0. The third-order valence-corrected chi connectivity index (χ3v) is 4.67. The smallest absolute Gasteiger partial charge is 0.338 e. The summed E-state index contributed by atoms with van der Waals surface area (Å²) in [4.78, 5) is 51.2. The molecule has 0 spiro atoms. The molecule has 0 aromatic heterocycles. The molecule has 0 unspecified atom stereocenters. The average Bonchev–Trinajstić information content (AvgIpc) is 3.08. The zero-order valence-electron chi connectivity index (χ0n) is 16.2. The van der Waals surface area contributed by atoms with Crippen molar-refractivity contribution in [3.05, 3.63) is 65.7 Å². The van der Waals surface area contributed by atoms with Crippen LogP contribution in [0.3, 0.4) is 0 Å². The van der Waals surface area contributed by atoms with Crippen LogP contribution in [0.2, 0.25) is 0 Å². The molecule has 29 heavy (non-hydrogen) atoms. The summed E-state index contributed by atoms with van der Waals surface area (Å²) < 4.78 is 5.16. The molecule has 0 atom stereocenters. The van der Waals surface area contributed by atoms with Crippen molar-refractivity contribution in [1.29, 1.82) is 0 Å². The molecule has 0 radical (unpaired) electrons. The van der Waals surface area contributed by atoms with Crippen molar-refractivity contribution in [2.24, 2.45) is 0 Å². The van der Waals surface area contributed by atoms with E-state index in [1.165, 1.54) is 12.1 Å². The molecule has 1 fully saturated rings. The third kappa shape index (κ3) is 4.87. The molecule has 2 aromatic rings. The second-order valence-corrected chi connectivity index (χ2v) is 6.64. The predicted octanol–water partition coefficient (Wildman–Crippen LogP) is 2.55. The molecule has 1 aliphatic heterocycles. The van der Waals surface area contributed by atoms with Gasteiger partial charge in [-0.3, -0.25) is 19.3 Å². The minimum atomic E-state index is -0.685. The van der Waals surface area contributed by atoms with E-state index in [1.54, 1.807) is 17.0 Å². The van der Waals surface area contributed by atoms with E-state index in [0.717, 1.165) is 10.5 Å². The lowest BCUT2D eigenvalue weighted by Gasteiger charge is -2.21. The number of hydrogen-bond acceptors (Lipinski definition) is 5. The Morgan fingerprint density at radius 3 is 2.34 bits per heavy atom. The lowest BCUT2D eigenvalue weighted by molar-refractivity contribution is -0.135. The quantitative estimate of drug-likeness (QED) is 0.532. The Labute approximate surface area is 168 Å². The first kappa shape index (κ1) is 20.3. The molecule has 1 saturated heterocycles. The SMILES string of the molecule is CCN(Cc1ccccc1)C(=O)COC(=O)c1cccc(N2C(=O)CCC2=O)c1. The highest BCUT2D eigenvalue weighted by Gasteiger charge is 2.30. The molecule has 3 rings (SSSR count). The number of nitrogens with zero attached hydrogens (tertiary/aromatic N) is 2. The van der Waals surface area contributed by atoms with E-state index in [4.69, 9.17) is 4.74 Å². The summed E-state index contributed by atoms with van der Waals surface area (Å²) in [6.07, 6.45) is 0.326. The zero-order chi connectivity index (χ0) is 20.8. The van der Waals surface area contributed by atoms with Crippen LogP contribution in [0.4, 0.5) is 5.69 Å². The maximum absolute atomic E-state index is 12.4. The van der Waals surface area contributed by atoms with Gasteiger partial charge in [0.2, 0.25) is 11.8 Å². The molecule has 1 aliphatic rings. The Hall–Kier alpha value is -3.48. The fraction of sp³-hybridized carbons (Fsp3) is 0.273. The van der Waals surface area contributed by atoms with Gasteiger partial charge in [-0.05, 0) is 30.7 Å². The summed E-state index contributed by atoms with van der Waals surface area (Å²) in [6, 6.07) is 15.6. The summed E-state index contributed by atoms with van der Waals surface area (Å²) >= 11 is 0. The number of rotatable bonds is 7. The van der Waals surface area contributed by atoms with Crippen LogP contribution >= 0.6 is 0 Å². The number of amides is 3. The number of hydrogen-bond donors (Lipinski definition) is 0. The van der Waals surface area contributed by atoms with Crippen LogP contribution in [0.25, 0.3) is 0 Å². The third-order valence-electron chi connectivity index (χ3n) is 4.67. The Morgan fingerprint density at radius 1 is 1.00 bits per heavy atom. The lowest BCUT2D eigenvalue weighted by Crippen LogP contribution is -2.34. The van der Waals surface area contributed by atoms with Crippen LogP contribution in [-0.2, 0) is 25.7 Å². The fourth-order valence-corrected chi connectivity index (χ4v) is 3.12. The fourth-order valence-electron chi connectivity index (χ4n) is 3.12. The predicted molar refractivity (Wildman–Crippen MR) is 106 cm³/mol. The molecule has 7 nitrogen and oxygen atoms in total. The maximum atomic E-state index is 12.4. The van der Waals surface area contributed by atoms with Gasteiger partial charge in [0.15, 0.2) is 6.61 Å². The van der Waals surface area contributed by atoms with Crippen molar-refractivity contribution >= 4 is 29.4 Å². The highest BCUT2D eigenvalue weighted by atomic mass is 16.5. The second kappa shape index (κ2) is 9.14. The van der Waals surface area contributed by atoms with E-state index in [9.17, 15) is 19.2 Å². The molecule has 0 aliphatic carbocycles. The molecule has 150 valence electrons. The van der Waals surface area contributed by atoms with E-state index in [2.05, 4.69) is 0 Å². The van der Waals surface area contributed by atoms with E-state index >= 15 is 0 Å². The molecule has 2 aromatic carbocycles. The van der Waals surface area contributed by atoms with Crippen molar-refractivity contribution in [3.8, 4) is 0 Å². The molecule has 0 saturated carbocycles. The van der Waals surface area contributed by atoms with Crippen molar-refractivity contribution in [2.75, 3.05) is 18.1 Å². The highest BCUT2D eigenvalue weighted by molar-refractivity contribution is 6.20. The van der Waals surface area contributed by atoms with E-state index < -0.39 is 5.97 Å².